The molecule has 1 saturated heterocycles. The fourth-order valence-corrected chi connectivity index (χ4v) is 8.99. The molecular formula is C36H48N5O7SSi. The minimum atomic E-state index is -1.21. The average molecular weight is 723 g/mol. The number of hydrogen-bond donors (Lipinski definition) is 1. The summed E-state index contributed by atoms with van der Waals surface area (Å²) in [6.45, 7) is 15.9. The maximum atomic E-state index is 13.1. The van der Waals surface area contributed by atoms with Crippen molar-refractivity contribution >= 4 is 49.7 Å². The van der Waals surface area contributed by atoms with Crippen molar-refractivity contribution in [3.63, 3.8) is 0 Å². The number of likely N-dealkylation sites (tertiary alicyclic amines) is 1. The summed E-state index contributed by atoms with van der Waals surface area (Å²) in [6, 6.07) is 20.8. The molecule has 50 heavy (non-hydrogen) atoms. The Bertz CT molecular complexity index is 1550. The lowest BCUT2D eigenvalue weighted by Crippen LogP contribution is -2.41. The predicted molar refractivity (Wildman–Crippen MR) is 198 cm³/mol. The molecule has 1 fully saturated rings. The van der Waals surface area contributed by atoms with Crippen molar-refractivity contribution in [3.05, 3.63) is 88.5 Å². The van der Waals surface area contributed by atoms with E-state index in [1.165, 1.54) is 24.2 Å². The molecule has 3 aromatic carbocycles. The molecule has 269 valence electrons. The molecule has 1 radical (unpaired) electrons. The third kappa shape index (κ3) is 11.4. The van der Waals surface area contributed by atoms with E-state index in [2.05, 4.69) is 56.7 Å². The number of azo groups is 1. The second kappa shape index (κ2) is 18.4. The first kappa shape index (κ1) is 39.0. The number of carbonyl (C=O) groups is 1. The minimum absolute atomic E-state index is 0.00781. The van der Waals surface area contributed by atoms with Crippen LogP contribution in [0.15, 0.2) is 83.0 Å². The number of anilines is 1. The first-order valence-corrected chi connectivity index (χ1v) is 19.2. The fraction of sp³-hybridized carbons (Fsp3) is 0.472. The number of nitro groups is 1. The average Bonchev–Trinajstić information content (AvgIpc) is 3.11. The fourth-order valence-electron chi connectivity index (χ4n) is 5.69. The monoisotopic (exact) mass is 722 g/mol. The van der Waals surface area contributed by atoms with Crippen molar-refractivity contribution in [2.75, 3.05) is 37.7 Å². The van der Waals surface area contributed by atoms with E-state index in [0.717, 1.165) is 30.8 Å². The summed E-state index contributed by atoms with van der Waals surface area (Å²) >= 11 is 1.28. The molecule has 4 rings (SSSR count). The number of aliphatic hydroxyl groups is 1. The number of rotatable bonds is 16. The van der Waals surface area contributed by atoms with Crippen molar-refractivity contribution in [3.8, 4) is 5.75 Å². The third-order valence-electron chi connectivity index (χ3n) is 8.28. The Labute approximate surface area is 300 Å². The zero-order valence-corrected chi connectivity index (χ0v) is 31.5. The van der Waals surface area contributed by atoms with Crippen LogP contribution >= 0.6 is 12.0 Å². The molecule has 1 unspecified atom stereocenters. The Hall–Kier alpha value is -3.82. The molecule has 0 saturated carbocycles. The second-order valence-electron chi connectivity index (χ2n) is 13.4. The van der Waals surface area contributed by atoms with Gasteiger partial charge < -0.3 is 19.3 Å². The Kier molecular flexibility index (Phi) is 14.4. The number of benzene rings is 3. The van der Waals surface area contributed by atoms with Crippen molar-refractivity contribution in [1.29, 1.82) is 0 Å². The van der Waals surface area contributed by atoms with Crippen LogP contribution in [-0.2, 0) is 14.0 Å². The van der Waals surface area contributed by atoms with Crippen LogP contribution in [0.25, 0.3) is 0 Å². The van der Waals surface area contributed by atoms with Gasteiger partial charge in [-0.05, 0) is 84.4 Å². The van der Waals surface area contributed by atoms with Crippen LogP contribution in [-0.4, -0.2) is 67.9 Å². The van der Waals surface area contributed by atoms with Gasteiger partial charge in [0.2, 0.25) is 0 Å². The number of amides is 1. The van der Waals surface area contributed by atoms with Crippen LogP contribution in [0, 0.1) is 10.1 Å². The SMILES string of the molecule is CCN(CCOOSC1CCN(C(=O)C(O)c2ccc(O[Si](C(C)C)C(C)(C)C)cc2)CC1)c1ccc(N=Nc2ccc([N+](=O)[O-])cc2)cc1. The summed E-state index contributed by atoms with van der Waals surface area (Å²) in [7, 11) is -1.12. The second-order valence-corrected chi connectivity index (χ2v) is 18.0. The van der Waals surface area contributed by atoms with Gasteiger partial charge in [0.15, 0.2) is 6.10 Å². The molecule has 1 aliphatic heterocycles. The number of likely N-dealkylation sites (N-methyl/N-ethyl adjacent to an activating group) is 1. The number of nitrogens with zero attached hydrogens (tertiary/aromatic N) is 5. The molecule has 1 N–H and O–H groups in total. The molecule has 0 aliphatic carbocycles. The highest BCUT2D eigenvalue weighted by atomic mass is 32.2. The Balaban J connectivity index is 1.14. The molecule has 0 bridgehead atoms. The number of non-ortho nitro benzene ring substituents is 1. The van der Waals surface area contributed by atoms with E-state index in [4.69, 9.17) is 13.6 Å². The highest BCUT2D eigenvalue weighted by Crippen LogP contribution is 2.35. The number of nitro benzene ring substituents is 1. The Morgan fingerprint density at radius 3 is 2.12 bits per heavy atom. The summed E-state index contributed by atoms with van der Waals surface area (Å²) in [5.41, 5.74) is 3.21. The number of aliphatic hydroxyl groups excluding tert-OH is 1. The van der Waals surface area contributed by atoms with E-state index in [1.54, 1.807) is 29.2 Å². The van der Waals surface area contributed by atoms with Gasteiger partial charge in [-0.1, -0.05) is 46.8 Å². The molecule has 1 atom stereocenters. The lowest BCUT2D eigenvalue weighted by Gasteiger charge is -2.32. The normalized spacial score (nSPS) is 14.8. The van der Waals surface area contributed by atoms with Gasteiger partial charge in [-0.25, -0.2) is 4.89 Å². The van der Waals surface area contributed by atoms with Gasteiger partial charge in [-0.2, -0.15) is 14.6 Å². The summed E-state index contributed by atoms with van der Waals surface area (Å²) in [5.74, 6) is 0.478. The van der Waals surface area contributed by atoms with E-state index >= 15 is 0 Å². The molecular weight excluding hydrogens is 675 g/mol. The number of hydrogen-bond acceptors (Lipinski definition) is 11. The maximum absolute atomic E-state index is 13.1. The molecule has 1 aliphatic rings. The molecule has 0 aromatic heterocycles. The van der Waals surface area contributed by atoms with Gasteiger partial charge >= 0.3 is 0 Å². The van der Waals surface area contributed by atoms with Crippen LogP contribution in [0.1, 0.15) is 66.1 Å². The molecule has 1 heterocycles. The van der Waals surface area contributed by atoms with Gasteiger partial charge in [0.25, 0.3) is 20.6 Å². The minimum Gasteiger partial charge on any atom is -0.541 e. The summed E-state index contributed by atoms with van der Waals surface area (Å²) in [6.07, 6.45) is 0.261. The van der Waals surface area contributed by atoms with Crippen LogP contribution in [0.3, 0.4) is 0 Å². The summed E-state index contributed by atoms with van der Waals surface area (Å²) < 4.78 is 11.8. The van der Waals surface area contributed by atoms with Crippen molar-refractivity contribution < 1.29 is 28.5 Å². The van der Waals surface area contributed by atoms with E-state index < -0.39 is 20.1 Å². The molecule has 12 nitrogen and oxygen atoms in total. The van der Waals surface area contributed by atoms with E-state index in [0.29, 0.717) is 48.7 Å². The van der Waals surface area contributed by atoms with E-state index in [1.807, 2.05) is 36.4 Å². The summed E-state index contributed by atoms with van der Waals surface area (Å²) in [4.78, 5) is 32.8. The first-order chi connectivity index (χ1) is 23.8. The Morgan fingerprint density at radius 2 is 1.60 bits per heavy atom. The van der Waals surface area contributed by atoms with Gasteiger partial charge in [-0.3, -0.25) is 14.9 Å². The van der Waals surface area contributed by atoms with Gasteiger partial charge in [0.1, 0.15) is 12.4 Å². The zero-order chi connectivity index (χ0) is 36.3. The lowest BCUT2D eigenvalue weighted by atomic mass is 10.1. The quantitative estimate of drug-likeness (QED) is 0.0292. The van der Waals surface area contributed by atoms with Gasteiger partial charge in [-0.15, -0.1) is 0 Å². The smallest absolute Gasteiger partial charge is 0.289 e. The molecule has 14 heteroatoms. The summed E-state index contributed by atoms with van der Waals surface area (Å²) in [5, 5.41) is 30.3. The van der Waals surface area contributed by atoms with Crippen LogP contribution in [0.5, 0.6) is 5.75 Å². The standard InChI is InChI=1S/C36H48N5O7SSi/c1-7-39(30-14-10-28(11-15-30)37-38-29-12-16-31(17-13-29)41(44)45)24-25-46-48-49-33-20-22-40(23-21-33)35(43)34(42)27-8-18-32(19-9-27)47-50(26(2)3)36(4,5)6/h8-19,26,33-34,42H,7,20-25H2,1-6H3. The van der Waals surface area contributed by atoms with Crippen molar-refractivity contribution in [2.45, 2.75) is 76.3 Å². The molecule has 3 aromatic rings. The maximum Gasteiger partial charge on any atom is 0.289 e. The van der Waals surface area contributed by atoms with Gasteiger partial charge in [0.05, 0.1) is 16.3 Å². The Morgan fingerprint density at radius 1 is 1.02 bits per heavy atom. The zero-order valence-electron chi connectivity index (χ0n) is 29.7. The highest BCUT2D eigenvalue weighted by Gasteiger charge is 2.34. The van der Waals surface area contributed by atoms with Gasteiger partial charge in [0, 0.05) is 61.3 Å². The number of piperidine rings is 1. The first-order valence-electron chi connectivity index (χ1n) is 16.9. The van der Waals surface area contributed by atoms with Crippen LogP contribution in [0.4, 0.5) is 22.7 Å². The largest absolute Gasteiger partial charge is 0.541 e. The predicted octanol–water partition coefficient (Wildman–Crippen LogP) is 8.74. The highest BCUT2D eigenvalue weighted by molar-refractivity contribution is 7.95. The van der Waals surface area contributed by atoms with E-state index in [-0.39, 0.29) is 21.9 Å². The van der Waals surface area contributed by atoms with Crippen molar-refractivity contribution in [2.24, 2.45) is 10.2 Å². The third-order valence-corrected chi connectivity index (χ3v) is 12.2. The number of carbonyl (C=O) groups excluding carboxylic acids is 1. The molecule has 1 amide bonds. The van der Waals surface area contributed by atoms with E-state index in [9.17, 15) is 20.0 Å². The lowest BCUT2D eigenvalue weighted by molar-refractivity contribution is -0.384. The topological polar surface area (TPSA) is 139 Å². The van der Waals surface area contributed by atoms with Crippen molar-refractivity contribution in [1.82, 2.24) is 4.90 Å². The molecule has 0 spiro atoms. The van der Waals surface area contributed by atoms with Crippen LogP contribution < -0.4 is 9.33 Å². The van der Waals surface area contributed by atoms with Crippen LogP contribution in [0.2, 0.25) is 10.6 Å².